The van der Waals surface area contributed by atoms with Crippen LogP contribution in [0, 0.1) is 5.41 Å². The van der Waals surface area contributed by atoms with Gasteiger partial charge >= 0.3 is 0 Å². The van der Waals surface area contributed by atoms with Crippen molar-refractivity contribution < 1.29 is 4.79 Å². The van der Waals surface area contributed by atoms with Crippen LogP contribution in [0.15, 0.2) is 23.8 Å². The molecule has 1 aliphatic carbocycles. The topological polar surface area (TPSA) is 20.3 Å². The predicted octanol–water partition coefficient (Wildman–Crippen LogP) is 2.56. The molecular formula is C14H21NO. The van der Waals surface area contributed by atoms with Gasteiger partial charge in [0.2, 0.25) is 0 Å². The molecule has 88 valence electrons. The van der Waals surface area contributed by atoms with Crippen molar-refractivity contribution in [2.24, 2.45) is 5.41 Å². The molecule has 0 bridgehead atoms. The van der Waals surface area contributed by atoms with Crippen molar-refractivity contribution in [1.29, 1.82) is 0 Å². The maximum Gasteiger partial charge on any atom is 0.141 e. The van der Waals surface area contributed by atoms with Crippen LogP contribution in [0.25, 0.3) is 0 Å². The van der Waals surface area contributed by atoms with Gasteiger partial charge in [0, 0.05) is 31.5 Å². The van der Waals surface area contributed by atoms with Crippen LogP contribution in [0.1, 0.15) is 33.1 Å². The summed E-state index contributed by atoms with van der Waals surface area (Å²) >= 11 is 0. The van der Waals surface area contributed by atoms with E-state index in [2.05, 4.69) is 37.0 Å². The molecule has 1 saturated heterocycles. The van der Waals surface area contributed by atoms with Crippen LogP contribution < -0.4 is 0 Å². The van der Waals surface area contributed by atoms with E-state index in [0.717, 1.165) is 19.6 Å². The summed E-state index contributed by atoms with van der Waals surface area (Å²) in [6, 6.07) is 0. The fourth-order valence-corrected chi connectivity index (χ4v) is 2.50. The third kappa shape index (κ3) is 2.62. The number of allylic oxidation sites excluding steroid dienone is 2. The highest BCUT2D eigenvalue weighted by atomic mass is 16.1. The number of ketones is 1. The average Bonchev–Trinajstić information content (AvgIpc) is 2.25. The Balaban J connectivity index is 1.94. The van der Waals surface area contributed by atoms with Gasteiger partial charge in [-0.15, -0.1) is 0 Å². The molecule has 2 nitrogen and oxygen atoms in total. The monoisotopic (exact) mass is 219 g/mol. The number of hydrogen-bond donors (Lipinski definition) is 0. The van der Waals surface area contributed by atoms with E-state index in [0.29, 0.717) is 12.2 Å². The first-order chi connectivity index (χ1) is 7.58. The Morgan fingerprint density at radius 2 is 2.19 bits per heavy atom. The molecule has 0 unspecified atom stereocenters. The third-order valence-electron chi connectivity index (χ3n) is 3.51. The lowest BCUT2D eigenvalue weighted by Gasteiger charge is -2.37. The van der Waals surface area contributed by atoms with Gasteiger partial charge in [0.05, 0.1) is 0 Å². The Labute approximate surface area is 98.0 Å². The minimum atomic E-state index is -0.156. The van der Waals surface area contributed by atoms with Crippen molar-refractivity contribution in [3.05, 3.63) is 23.8 Å². The Morgan fingerprint density at radius 3 is 2.81 bits per heavy atom. The van der Waals surface area contributed by atoms with Gasteiger partial charge in [-0.2, -0.15) is 0 Å². The summed E-state index contributed by atoms with van der Waals surface area (Å²) in [4.78, 5) is 14.1. The summed E-state index contributed by atoms with van der Waals surface area (Å²) in [7, 11) is 0. The highest BCUT2D eigenvalue weighted by Gasteiger charge is 2.33. The second-order valence-electron chi connectivity index (χ2n) is 5.53. The van der Waals surface area contributed by atoms with Crippen molar-refractivity contribution in [3.63, 3.8) is 0 Å². The zero-order chi connectivity index (χ0) is 11.6. The lowest BCUT2D eigenvalue weighted by Crippen LogP contribution is -2.46. The second kappa shape index (κ2) is 4.54. The summed E-state index contributed by atoms with van der Waals surface area (Å²) < 4.78 is 0. The summed E-state index contributed by atoms with van der Waals surface area (Å²) in [5.41, 5.74) is 1.26. The molecule has 2 heteroatoms. The maximum absolute atomic E-state index is 11.7. The molecule has 2 rings (SSSR count). The van der Waals surface area contributed by atoms with Crippen molar-refractivity contribution in [1.82, 2.24) is 4.90 Å². The molecule has 16 heavy (non-hydrogen) atoms. The SMILES string of the molecule is CC1(C)CN(CC2=CCCC=C2)CCC1=O. The van der Waals surface area contributed by atoms with E-state index in [1.807, 2.05) is 0 Å². The molecule has 0 radical (unpaired) electrons. The fourth-order valence-electron chi connectivity index (χ4n) is 2.50. The third-order valence-corrected chi connectivity index (χ3v) is 3.51. The Hall–Kier alpha value is -0.890. The van der Waals surface area contributed by atoms with Gasteiger partial charge in [0.1, 0.15) is 5.78 Å². The predicted molar refractivity (Wildman–Crippen MR) is 66.3 cm³/mol. The molecule has 0 atom stereocenters. The quantitative estimate of drug-likeness (QED) is 0.711. The van der Waals surface area contributed by atoms with Crippen molar-refractivity contribution in [2.75, 3.05) is 19.6 Å². The van der Waals surface area contributed by atoms with E-state index >= 15 is 0 Å². The number of rotatable bonds is 2. The molecule has 0 aromatic carbocycles. The Bertz CT molecular complexity index is 339. The molecule has 0 N–H and O–H groups in total. The molecule has 1 aliphatic heterocycles. The van der Waals surface area contributed by atoms with Gasteiger partial charge in [0.25, 0.3) is 0 Å². The number of hydrogen-bond acceptors (Lipinski definition) is 2. The summed E-state index contributed by atoms with van der Waals surface area (Å²) in [5, 5.41) is 0. The zero-order valence-electron chi connectivity index (χ0n) is 10.3. The molecular weight excluding hydrogens is 198 g/mol. The van der Waals surface area contributed by atoms with Gasteiger partial charge in [0.15, 0.2) is 0 Å². The van der Waals surface area contributed by atoms with E-state index in [4.69, 9.17) is 0 Å². The lowest BCUT2D eigenvalue weighted by atomic mass is 9.82. The molecule has 0 aromatic heterocycles. The molecule has 1 heterocycles. The van der Waals surface area contributed by atoms with Crippen molar-refractivity contribution in [3.8, 4) is 0 Å². The number of nitrogens with zero attached hydrogens (tertiary/aromatic N) is 1. The van der Waals surface area contributed by atoms with E-state index in [-0.39, 0.29) is 5.41 Å². The van der Waals surface area contributed by atoms with Crippen molar-refractivity contribution >= 4 is 5.78 Å². The molecule has 1 fully saturated rings. The van der Waals surface area contributed by atoms with Gasteiger partial charge in [-0.1, -0.05) is 32.1 Å². The number of carbonyl (C=O) groups is 1. The van der Waals surface area contributed by atoms with Gasteiger partial charge < -0.3 is 0 Å². The van der Waals surface area contributed by atoms with Gasteiger partial charge in [-0.25, -0.2) is 0 Å². The highest BCUT2D eigenvalue weighted by Crippen LogP contribution is 2.26. The highest BCUT2D eigenvalue weighted by molar-refractivity contribution is 5.85. The van der Waals surface area contributed by atoms with Crippen LogP contribution in [0.5, 0.6) is 0 Å². The molecule has 0 saturated carbocycles. The van der Waals surface area contributed by atoms with Crippen LogP contribution >= 0.6 is 0 Å². The smallest absolute Gasteiger partial charge is 0.141 e. The van der Waals surface area contributed by atoms with Crippen molar-refractivity contribution in [2.45, 2.75) is 33.1 Å². The van der Waals surface area contributed by atoms with Crippen LogP contribution in [0.3, 0.4) is 0 Å². The summed E-state index contributed by atoms with van der Waals surface area (Å²) in [5.74, 6) is 0.414. The summed E-state index contributed by atoms with van der Waals surface area (Å²) in [6.45, 7) is 6.96. The van der Waals surface area contributed by atoms with Gasteiger partial charge in [-0.05, 0) is 18.4 Å². The number of carbonyl (C=O) groups excluding carboxylic acids is 1. The number of likely N-dealkylation sites (tertiary alicyclic amines) is 1. The standard InChI is InChI=1S/C14H21NO/c1-14(2)11-15(9-8-13(14)16)10-12-6-4-3-5-7-12/h4,6-7H,3,5,8-11H2,1-2H3. The molecule has 2 aliphatic rings. The normalized spacial score (nSPS) is 25.6. The second-order valence-corrected chi connectivity index (χ2v) is 5.53. The zero-order valence-corrected chi connectivity index (χ0v) is 10.3. The molecule has 0 amide bonds. The Kier molecular flexibility index (Phi) is 3.29. The van der Waals surface area contributed by atoms with Crippen LogP contribution in [-0.2, 0) is 4.79 Å². The molecule has 0 aromatic rings. The fraction of sp³-hybridized carbons (Fsp3) is 0.643. The Morgan fingerprint density at radius 1 is 1.38 bits per heavy atom. The van der Waals surface area contributed by atoms with E-state index in [1.54, 1.807) is 0 Å². The lowest BCUT2D eigenvalue weighted by molar-refractivity contribution is -0.131. The van der Waals surface area contributed by atoms with E-state index in [9.17, 15) is 4.79 Å². The van der Waals surface area contributed by atoms with Crippen LogP contribution in [0.4, 0.5) is 0 Å². The number of piperidine rings is 1. The number of Topliss-reactive ketones (excluding diaryl/α,β-unsaturated/α-hetero) is 1. The van der Waals surface area contributed by atoms with Crippen LogP contribution in [0.2, 0.25) is 0 Å². The largest absolute Gasteiger partial charge is 0.299 e. The first-order valence-electron chi connectivity index (χ1n) is 6.19. The van der Waals surface area contributed by atoms with E-state index < -0.39 is 0 Å². The average molecular weight is 219 g/mol. The maximum atomic E-state index is 11.7. The first kappa shape index (κ1) is 11.6. The molecule has 0 spiro atoms. The minimum absolute atomic E-state index is 0.156. The van der Waals surface area contributed by atoms with Crippen LogP contribution in [-0.4, -0.2) is 30.3 Å². The minimum Gasteiger partial charge on any atom is -0.299 e. The van der Waals surface area contributed by atoms with E-state index in [1.165, 1.54) is 18.4 Å². The summed E-state index contributed by atoms with van der Waals surface area (Å²) in [6.07, 6.45) is 9.85. The van der Waals surface area contributed by atoms with Gasteiger partial charge in [-0.3, -0.25) is 9.69 Å². The first-order valence-corrected chi connectivity index (χ1v) is 6.19.